The molecule has 2 fully saturated rings. The van der Waals surface area contributed by atoms with E-state index in [0.29, 0.717) is 30.9 Å². The summed E-state index contributed by atoms with van der Waals surface area (Å²) in [6, 6.07) is 5.41. The smallest absolute Gasteiger partial charge is 0.310 e. The van der Waals surface area contributed by atoms with Crippen molar-refractivity contribution in [3.05, 3.63) is 48.1 Å². The van der Waals surface area contributed by atoms with Crippen molar-refractivity contribution in [3.8, 4) is 11.5 Å². The van der Waals surface area contributed by atoms with Gasteiger partial charge < -0.3 is 24.2 Å². The number of benzene rings is 1. The van der Waals surface area contributed by atoms with Crippen molar-refractivity contribution in [2.75, 3.05) is 20.8 Å². The average Bonchev–Trinajstić information content (AvgIpc) is 3.35. The van der Waals surface area contributed by atoms with Gasteiger partial charge in [-0.1, -0.05) is 23.8 Å². The minimum atomic E-state index is -0.986. The molecule has 2 bridgehead atoms. The number of ether oxygens (including phenoxy) is 3. The molecule has 1 aromatic carbocycles. The summed E-state index contributed by atoms with van der Waals surface area (Å²) < 4.78 is 16.8. The Hall–Kier alpha value is -2.80. The average molecular weight is 413 g/mol. The minimum absolute atomic E-state index is 0.152. The zero-order chi connectivity index (χ0) is 21.6. The van der Waals surface area contributed by atoms with Crippen LogP contribution in [0, 0.1) is 11.8 Å². The monoisotopic (exact) mass is 413 g/mol. The van der Waals surface area contributed by atoms with Gasteiger partial charge in [0.1, 0.15) is 11.5 Å². The Labute approximate surface area is 175 Å². The SMILES string of the molecule is C=C(C)C[C@H]1N(CCc2ccc(OC)c(OC)c2)C(=O)[C@H]2[C@@H](C(=O)O)[C@H]3C=C[C@]21O3. The predicted molar refractivity (Wildman–Crippen MR) is 110 cm³/mol. The molecule has 3 heterocycles. The normalized spacial score (nSPS) is 31.2. The lowest BCUT2D eigenvalue weighted by atomic mass is 9.74. The third-order valence-electron chi connectivity index (χ3n) is 6.45. The zero-order valence-electron chi connectivity index (χ0n) is 17.5. The molecule has 1 spiro atoms. The Bertz CT molecular complexity index is 924. The van der Waals surface area contributed by atoms with E-state index in [1.165, 1.54) is 0 Å². The lowest BCUT2D eigenvalue weighted by Crippen LogP contribution is -2.45. The van der Waals surface area contributed by atoms with E-state index in [0.717, 1.165) is 11.1 Å². The molecule has 160 valence electrons. The van der Waals surface area contributed by atoms with E-state index in [1.807, 2.05) is 31.2 Å². The van der Waals surface area contributed by atoms with Crippen molar-refractivity contribution >= 4 is 11.9 Å². The molecule has 3 aliphatic rings. The highest BCUT2D eigenvalue weighted by molar-refractivity contribution is 5.91. The highest BCUT2D eigenvalue weighted by Crippen LogP contribution is 2.56. The Morgan fingerprint density at radius 3 is 2.67 bits per heavy atom. The number of fused-ring (bicyclic) bond motifs is 1. The van der Waals surface area contributed by atoms with Gasteiger partial charge >= 0.3 is 5.97 Å². The summed E-state index contributed by atoms with van der Waals surface area (Å²) in [4.78, 5) is 27.1. The van der Waals surface area contributed by atoms with Crippen LogP contribution in [-0.2, 0) is 20.7 Å². The predicted octanol–water partition coefficient (Wildman–Crippen LogP) is 2.45. The maximum absolute atomic E-state index is 13.4. The molecular weight excluding hydrogens is 386 g/mol. The number of amides is 1. The van der Waals surface area contributed by atoms with E-state index in [4.69, 9.17) is 14.2 Å². The van der Waals surface area contributed by atoms with Crippen LogP contribution in [0.1, 0.15) is 18.9 Å². The number of likely N-dealkylation sites (tertiary alicyclic amines) is 1. The Balaban J connectivity index is 1.61. The molecule has 3 aliphatic heterocycles. The third kappa shape index (κ3) is 2.99. The number of aliphatic carboxylic acids is 1. The van der Waals surface area contributed by atoms with Gasteiger partial charge in [0.05, 0.1) is 32.3 Å². The topological polar surface area (TPSA) is 85.3 Å². The van der Waals surface area contributed by atoms with Gasteiger partial charge in [0, 0.05) is 6.54 Å². The molecule has 0 aromatic heterocycles. The van der Waals surface area contributed by atoms with Crippen LogP contribution in [-0.4, -0.2) is 60.4 Å². The highest BCUT2D eigenvalue weighted by atomic mass is 16.5. The van der Waals surface area contributed by atoms with Crippen LogP contribution in [0.15, 0.2) is 42.5 Å². The van der Waals surface area contributed by atoms with Crippen molar-refractivity contribution in [2.24, 2.45) is 11.8 Å². The van der Waals surface area contributed by atoms with Crippen molar-refractivity contribution in [3.63, 3.8) is 0 Å². The van der Waals surface area contributed by atoms with E-state index in [1.54, 1.807) is 25.2 Å². The van der Waals surface area contributed by atoms with Crippen LogP contribution in [0.2, 0.25) is 0 Å². The first kappa shape index (κ1) is 20.5. The van der Waals surface area contributed by atoms with E-state index in [9.17, 15) is 14.7 Å². The van der Waals surface area contributed by atoms with Crippen LogP contribution in [0.4, 0.5) is 0 Å². The molecule has 1 N–H and O–H groups in total. The summed E-state index contributed by atoms with van der Waals surface area (Å²) in [5, 5.41) is 9.74. The van der Waals surface area contributed by atoms with Gasteiger partial charge in [0.15, 0.2) is 11.5 Å². The van der Waals surface area contributed by atoms with Gasteiger partial charge in [-0.3, -0.25) is 9.59 Å². The first-order chi connectivity index (χ1) is 14.3. The van der Waals surface area contributed by atoms with Crippen molar-refractivity contribution < 1.29 is 28.9 Å². The van der Waals surface area contributed by atoms with Gasteiger partial charge in [-0.25, -0.2) is 0 Å². The molecule has 5 atom stereocenters. The summed E-state index contributed by atoms with van der Waals surface area (Å²) in [5.41, 5.74) is 1.04. The third-order valence-corrected chi connectivity index (χ3v) is 6.45. The number of hydrogen-bond acceptors (Lipinski definition) is 5. The fraction of sp³-hybridized carbons (Fsp3) is 0.478. The number of carboxylic acid groups (broad SMARTS) is 1. The number of carbonyl (C=O) groups excluding carboxylic acids is 1. The number of nitrogens with zero attached hydrogens (tertiary/aromatic N) is 1. The molecular formula is C23H27NO6. The van der Waals surface area contributed by atoms with E-state index in [2.05, 4.69) is 6.58 Å². The summed E-state index contributed by atoms with van der Waals surface area (Å²) in [5.74, 6) is -1.40. The number of carboxylic acids is 1. The lowest BCUT2D eigenvalue weighted by molar-refractivity contribution is -0.148. The number of hydrogen-bond donors (Lipinski definition) is 1. The molecule has 1 amide bonds. The largest absolute Gasteiger partial charge is 0.493 e. The lowest BCUT2D eigenvalue weighted by Gasteiger charge is -2.33. The molecule has 0 saturated carbocycles. The van der Waals surface area contributed by atoms with Crippen molar-refractivity contribution in [1.82, 2.24) is 4.90 Å². The zero-order valence-corrected chi connectivity index (χ0v) is 17.5. The Kier molecular flexibility index (Phi) is 5.10. The van der Waals surface area contributed by atoms with Gasteiger partial charge in [-0.15, -0.1) is 6.58 Å². The maximum Gasteiger partial charge on any atom is 0.310 e. The van der Waals surface area contributed by atoms with Gasteiger partial charge in [0.2, 0.25) is 5.91 Å². The second-order valence-electron chi connectivity index (χ2n) is 8.28. The van der Waals surface area contributed by atoms with Crippen LogP contribution >= 0.6 is 0 Å². The van der Waals surface area contributed by atoms with Gasteiger partial charge in [-0.05, 0) is 37.5 Å². The van der Waals surface area contributed by atoms with Crippen molar-refractivity contribution in [2.45, 2.75) is 37.5 Å². The van der Waals surface area contributed by atoms with Crippen LogP contribution in [0.25, 0.3) is 0 Å². The molecule has 2 saturated heterocycles. The van der Waals surface area contributed by atoms with Crippen LogP contribution in [0.3, 0.4) is 0 Å². The molecule has 4 rings (SSSR count). The highest BCUT2D eigenvalue weighted by Gasteiger charge is 2.70. The Morgan fingerprint density at radius 2 is 2.03 bits per heavy atom. The first-order valence-electron chi connectivity index (χ1n) is 10.1. The molecule has 1 aromatic rings. The summed E-state index contributed by atoms with van der Waals surface area (Å²) in [6.07, 6.45) is 4.33. The molecule has 0 aliphatic carbocycles. The minimum Gasteiger partial charge on any atom is -0.493 e. The fourth-order valence-corrected chi connectivity index (χ4v) is 5.15. The van der Waals surface area contributed by atoms with Gasteiger partial charge in [-0.2, -0.15) is 0 Å². The summed E-state index contributed by atoms with van der Waals surface area (Å²) in [7, 11) is 3.17. The molecule has 30 heavy (non-hydrogen) atoms. The van der Waals surface area contributed by atoms with Crippen molar-refractivity contribution in [1.29, 1.82) is 0 Å². The van der Waals surface area contributed by atoms with E-state index >= 15 is 0 Å². The molecule has 0 radical (unpaired) electrons. The molecule has 0 unspecified atom stereocenters. The second kappa shape index (κ2) is 7.47. The Morgan fingerprint density at radius 1 is 1.30 bits per heavy atom. The molecule has 7 nitrogen and oxygen atoms in total. The van der Waals surface area contributed by atoms with E-state index < -0.39 is 29.5 Å². The summed E-state index contributed by atoms with van der Waals surface area (Å²) >= 11 is 0. The van der Waals surface area contributed by atoms with Gasteiger partial charge in [0.25, 0.3) is 0 Å². The fourth-order valence-electron chi connectivity index (χ4n) is 5.15. The molecule has 7 heteroatoms. The standard InChI is InChI=1S/C23H27NO6/c1-13(2)11-18-23-9-7-16(30-23)19(22(26)27)20(23)21(25)24(18)10-8-14-5-6-15(28-3)17(12-14)29-4/h5-7,9,12,16,18-20H,1,8,10-11H2,2-4H3,(H,26,27)/t16-,18-,19+,20-,23-/m1/s1. The van der Waals surface area contributed by atoms with E-state index in [-0.39, 0.29) is 11.9 Å². The second-order valence-corrected chi connectivity index (χ2v) is 8.28. The quantitative estimate of drug-likeness (QED) is 0.659. The number of rotatable bonds is 8. The van der Waals surface area contributed by atoms with Crippen LogP contribution < -0.4 is 9.47 Å². The van der Waals surface area contributed by atoms with Crippen LogP contribution in [0.5, 0.6) is 11.5 Å². The first-order valence-corrected chi connectivity index (χ1v) is 10.1. The maximum atomic E-state index is 13.4. The summed E-state index contributed by atoms with van der Waals surface area (Å²) in [6.45, 7) is 6.40. The number of carbonyl (C=O) groups is 2. The number of methoxy groups -OCH3 is 2.